The molecule has 0 aromatic heterocycles. The van der Waals surface area contributed by atoms with Crippen LogP contribution in [-0.2, 0) is 4.79 Å². The fourth-order valence-electron chi connectivity index (χ4n) is 1.70. The minimum Gasteiger partial charge on any atom is -0.481 e. The summed E-state index contributed by atoms with van der Waals surface area (Å²) in [7, 11) is 0. The van der Waals surface area contributed by atoms with E-state index in [2.05, 4.69) is 16.6 Å². The normalized spacial score (nSPS) is 10.7. The maximum absolute atomic E-state index is 11.5. The molecule has 2 amide bonds. The van der Waals surface area contributed by atoms with Crippen molar-refractivity contribution in [1.29, 1.82) is 0 Å². The highest BCUT2D eigenvalue weighted by atomic mass is 16.4. The second kappa shape index (κ2) is 10.1. The number of terminal acetylenes is 1. The van der Waals surface area contributed by atoms with Crippen molar-refractivity contribution in [3.63, 3.8) is 0 Å². The summed E-state index contributed by atoms with van der Waals surface area (Å²) < 4.78 is 0. The fraction of sp³-hybridized carbons (Fsp3) is 0.733. The average molecular weight is 282 g/mol. The lowest BCUT2D eigenvalue weighted by Gasteiger charge is -2.23. The van der Waals surface area contributed by atoms with Crippen LogP contribution in [-0.4, -0.2) is 30.2 Å². The second-order valence-electron chi connectivity index (χ2n) is 5.65. The van der Waals surface area contributed by atoms with Gasteiger partial charge in [-0.1, -0.05) is 13.8 Å². The number of amides is 2. The molecule has 0 aromatic carbocycles. The standard InChI is InChI=1S/C15H26N2O3/c1-4-5-6-7-11-16-14(20)17-12-10-15(2,3)9-8-13(18)19/h1H,5-12H2,2-3H3,(H,18,19)(H2,16,17,20). The van der Waals surface area contributed by atoms with Crippen LogP contribution in [0.4, 0.5) is 4.79 Å². The lowest BCUT2D eigenvalue weighted by Crippen LogP contribution is -2.37. The highest BCUT2D eigenvalue weighted by Crippen LogP contribution is 2.25. The lowest BCUT2D eigenvalue weighted by atomic mass is 9.84. The van der Waals surface area contributed by atoms with E-state index in [9.17, 15) is 9.59 Å². The quantitative estimate of drug-likeness (QED) is 0.425. The molecule has 0 atom stereocenters. The topological polar surface area (TPSA) is 78.4 Å². The van der Waals surface area contributed by atoms with E-state index in [1.54, 1.807) is 0 Å². The zero-order valence-electron chi connectivity index (χ0n) is 12.5. The van der Waals surface area contributed by atoms with Crippen LogP contribution in [0.1, 0.15) is 52.4 Å². The van der Waals surface area contributed by atoms with Crippen molar-refractivity contribution < 1.29 is 14.7 Å². The molecule has 0 bridgehead atoms. The third-order valence-electron chi connectivity index (χ3n) is 3.14. The van der Waals surface area contributed by atoms with Crippen LogP contribution in [0.3, 0.4) is 0 Å². The number of unbranched alkanes of at least 4 members (excludes halogenated alkanes) is 2. The van der Waals surface area contributed by atoms with Crippen molar-refractivity contribution in [2.45, 2.75) is 52.4 Å². The molecule has 0 unspecified atom stereocenters. The lowest BCUT2D eigenvalue weighted by molar-refractivity contribution is -0.137. The molecule has 0 heterocycles. The van der Waals surface area contributed by atoms with E-state index in [1.807, 2.05) is 13.8 Å². The third-order valence-corrected chi connectivity index (χ3v) is 3.14. The molecular weight excluding hydrogens is 256 g/mol. The number of rotatable bonds is 10. The number of aliphatic carboxylic acids is 1. The van der Waals surface area contributed by atoms with E-state index >= 15 is 0 Å². The van der Waals surface area contributed by atoms with Crippen molar-refractivity contribution in [1.82, 2.24) is 10.6 Å². The number of carbonyl (C=O) groups is 2. The van der Waals surface area contributed by atoms with E-state index in [4.69, 9.17) is 11.5 Å². The Morgan fingerprint density at radius 1 is 1.15 bits per heavy atom. The SMILES string of the molecule is C#CCCCCNC(=O)NCCC(C)(C)CCC(=O)O. The smallest absolute Gasteiger partial charge is 0.314 e. The van der Waals surface area contributed by atoms with Gasteiger partial charge >= 0.3 is 12.0 Å². The summed E-state index contributed by atoms with van der Waals surface area (Å²) in [6.45, 7) is 5.18. The molecule has 5 heteroatoms. The van der Waals surface area contributed by atoms with Crippen LogP contribution < -0.4 is 10.6 Å². The zero-order valence-corrected chi connectivity index (χ0v) is 12.5. The zero-order chi connectivity index (χ0) is 15.4. The summed E-state index contributed by atoms with van der Waals surface area (Å²) in [6, 6.07) is -0.181. The second-order valence-corrected chi connectivity index (χ2v) is 5.65. The van der Waals surface area contributed by atoms with Gasteiger partial charge in [-0.15, -0.1) is 12.3 Å². The van der Waals surface area contributed by atoms with E-state index in [0.29, 0.717) is 19.5 Å². The van der Waals surface area contributed by atoms with Crippen LogP contribution in [0, 0.1) is 17.8 Å². The van der Waals surface area contributed by atoms with Crippen LogP contribution >= 0.6 is 0 Å². The van der Waals surface area contributed by atoms with Gasteiger partial charge < -0.3 is 15.7 Å². The maximum atomic E-state index is 11.5. The molecule has 0 saturated heterocycles. The molecule has 0 spiro atoms. The first-order valence-electron chi connectivity index (χ1n) is 7.04. The number of hydrogen-bond acceptors (Lipinski definition) is 2. The van der Waals surface area contributed by atoms with Gasteiger partial charge in [0.05, 0.1) is 0 Å². The number of hydrogen-bond donors (Lipinski definition) is 3. The first-order valence-corrected chi connectivity index (χ1v) is 7.04. The monoisotopic (exact) mass is 282 g/mol. The van der Waals surface area contributed by atoms with E-state index in [1.165, 1.54) is 0 Å². The minimum atomic E-state index is -0.782. The van der Waals surface area contributed by atoms with Crippen LogP contribution in [0.5, 0.6) is 0 Å². The largest absolute Gasteiger partial charge is 0.481 e. The van der Waals surface area contributed by atoms with E-state index in [-0.39, 0.29) is 17.9 Å². The Kier molecular flexibility index (Phi) is 9.27. The van der Waals surface area contributed by atoms with Crippen molar-refractivity contribution in [3.05, 3.63) is 0 Å². The van der Waals surface area contributed by atoms with Crippen molar-refractivity contribution >= 4 is 12.0 Å². The van der Waals surface area contributed by atoms with Crippen LogP contribution in [0.15, 0.2) is 0 Å². The molecule has 0 rings (SSSR count). The van der Waals surface area contributed by atoms with Gasteiger partial charge in [0.1, 0.15) is 0 Å². The molecule has 3 N–H and O–H groups in total. The van der Waals surface area contributed by atoms with E-state index in [0.717, 1.165) is 25.7 Å². The van der Waals surface area contributed by atoms with Gasteiger partial charge in [0.15, 0.2) is 0 Å². The molecule has 0 fully saturated rings. The molecule has 0 aliphatic rings. The molecule has 20 heavy (non-hydrogen) atoms. The van der Waals surface area contributed by atoms with Gasteiger partial charge in [-0.2, -0.15) is 0 Å². The minimum absolute atomic E-state index is 0.0849. The predicted molar refractivity (Wildman–Crippen MR) is 79.4 cm³/mol. The Bertz CT molecular complexity index is 346. The van der Waals surface area contributed by atoms with E-state index < -0.39 is 5.97 Å². The average Bonchev–Trinajstić information content (AvgIpc) is 2.36. The molecular formula is C15H26N2O3. The van der Waals surface area contributed by atoms with Gasteiger partial charge in [0.2, 0.25) is 0 Å². The Balaban J connectivity index is 3.64. The van der Waals surface area contributed by atoms with Gasteiger partial charge in [-0.3, -0.25) is 4.79 Å². The van der Waals surface area contributed by atoms with Crippen LogP contribution in [0.2, 0.25) is 0 Å². The number of carboxylic acid groups (broad SMARTS) is 1. The molecule has 114 valence electrons. The Morgan fingerprint density at radius 2 is 1.80 bits per heavy atom. The number of nitrogens with one attached hydrogen (secondary N) is 2. The van der Waals surface area contributed by atoms with Crippen molar-refractivity contribution in [2.24, 2.45) is 5.41 Å². The summed E-state index contributed by atoms with van der Waals surface area (Å²) in [5.74, 6) is 1.77. The number of carboxylic acids is 1. The number of urea groups is 1. The molecule has 5 nitrogen and oxygen atoms in total. The predicted octanol–water partition coefficient (Wildman–Crippen LogP) is 2.37. The first-order chi connectivity index (χ1) is 9.37. The summed E-state index contributed by atoms with van der Waals surface area (Å²) in [4.78, 5) is 22.0. The van der Waals surface area contributed by atoms with Gasteiger partial charge in [0, 0.05) is 25.9 Å². The molecule has 0 saturated carbocycles. The summed E-state index contributed by atoms with van der Waals surface area (Å²) in [5.41, 5.74) is -0.0849. The Morgan fingerprint density at radius 3 is 2.40 bits per heavy atom. The first kappa shape index (κ1) is 18.3. The Labute approximate surface area is 121 Å². The van der Waals surface area contributed by atoms with Gasteiger partial charge in [-0.25, -0.2) is 4.79 Å². The fourth-order valence-corrected chi connectivity index (χ4v) is 1.70. The van der Waals surface area contributed by atoms with Gasteiger partial charge in [-0.05, 0) is 31.1 Å². The van der Waals surface area contributed by atoms with Crippen molar-refractivity contribution in [3.8, 4) is 12.3 Å². The molecule has 0 radical (unpaired) electrons. The summed E-state index contributed by atoms with van der Waals surface area (Å²) >= 11 is 0. The summed E-state index contributed by atoms with van der Waals surface area (Å²) in [6.07, 6.45) is 9.19. The maximum Gasteiger partial charge on any atom is 0.314 e. The van der Waals surface area contributed by atoms with Crippen LogP contribution in [0.25, 0.3) is 0 Å². The molecule has 0 aliphatic carbocycles. The number of carbonyl (C=O) groups excluding carboxylic acids is 1. The summed E-state index contributed by atoms with van der Waals surface area (Å²) in [5, 5.41) is 14.2. The highest BCUT2D eigenvalue weighted by molar-refractivity contribution is 5.73. The van der Waals surface area contributed by atoms with Crippen molar-refractivity contribution in [2.75, 3.05) is 13.1 Å². The third kappa shape index (κ3) is 11.4. The Hall–Kier alpha value is -1.70. The molecule has 0 aliphatic heterocycles. The molecule has 0 aromatic rings. The highest BCUT2D eigenvalue weighted by Gasteiger charge is 2.19. The van der Waals surface area contributed by atoms with Gasteiger partial charge in [0.25, 0.3) is 0 Å².